The van der Waals surface area contributed by atoms with Crippen LogP contribution < -0.4 is 0 Å². The summed E-state index contributed by atoms with van der Waals surface area (Å²) >= 11 is 0. The lowest BCUT2D eigenvalue weighted by molar-refractivity contribution is 0.669. The number of rotatable bonds is 3. The Morgan fingerprint density at radius 1 is 0.513 bits per heavy atom. The number of benzene rings is 5. The van der Waals surface area contributed by atoms with Crippen LogP contribution in [0, 0.1) is 6.92 Å². The van der Waals surface area contributed by atoms with Crippen molar-refractivity contribution >= 4 is 43.7 Å². The number of para-hydroxylation sites is 1. The monoisotopic (exact) mass is 502 g/mol. The Balaban J connectivity index is 1.47. The molecule has 0 aliphatic carbocycles. The molecule has 0 saturated heterocycles. The first-order valence-corrected chi connectivity index (χ1v) is 13.0. The number of hydrogen-bond acceptors (Lipinski definition) is 4. The Hall–Kier alpha value is -5.29. The molecule has 0 fully saturated rings. The summed E-state index contributed by atoms with van der Waals surface area (Å²) in [6.07, 6.45) is 0. The maximum Gasteiger partial charge on any atom is 0.238 e. The van der Waals surface area contributed by atoms with Gasteiger partial charge in [-0.25, -0.2) is 4.98 Å². The van der Waals surface area contributed by atoms with Crippen LogP contribution in [0.4, 0.5) is 0 Å². The van der Waals surface area contributed by atoms with Gasteiger partial charge in [-0.2, -0.15) is 9.97 Å². The molecule has 0 radical (unpaired) electrons. The topological polar surface area (TPSA) is 56.7 Å². The standard InChI is InChI=1S/C34H22N4O/c1-21-16-17-25-27-19-26-24-14-8-9-15-28(24)38(29(26)20-31(27)39-30(25)18-21)34-36-32(22-10-4-2-5-11-22)35-33(37-34)23-12-6-3-7-13-23/h2-20H,1H3. The zero-order valence-electron chi connectivity index (χ0n) is 21.2. The molecule has 8 rings (SSSR count). The van der Waals surface area contributed by atoms with Crippen molar-refractivity contribution in [2.24, 2.45) is 0 Å². The second kappa shape index (κ2) is 8.36. The highest BCUT2D eigenvalue weighted by Crippen LogP contribution is 2.38. The summed E-state index contributed by atoms with van der Waals surface area (Å²) in [5.74, 6) is 1.83. The lowest BCUT2D eigenvalue weighted by atomic mass is 10.1. The van der Waals surface area contributed by atoms with Crippen LogP contribution in [0.1, 0.15) is 5.56 Å². The molecule has 0 unspecified atom stereocenters. The van der Waals surface area contributed by atoms with Crippen molar-refractivity contribution in [3.05, 3.63) is 121 Å². The number of nitrogens with zero attached hydrogens (tertiary/aromatic N) is 4. The number of aromatic nitrogens is 4. The summed E-state index contributed by atoms with van der Waals surface area (Å²) in [6.45, 7) is 2.08. The summed E-state index contributed by atoms with van der Waals surface area (Å²) < 4.78 is 8.48. The maximum atomic E-state index is 6.35. The first kappa shape index (κ1) is 21.8. The first-order valence-electron chi connectivity index (χ1n) is 13.0. The Bertz CT molecular complexity index is 2120. The van der Waals surface area contributed by atoms with Crippen molar-refractivity contribution in [2.45, 2.75) is 6.92 Å². The number of hydrogen-bond donors (Lipinski definition) is 0. The predicted molar refractivity (Wildman–Crippen MR) is 157 cm³/mol. The van der Waals surface area contributed by atoms with E-state index < -0.39 is 0 Å². The van der Waals surface area contributed by atoms with Crippen LogP contribution in [0.3, 0.4) is 0 Å². The average molecular weight is 503 g/mol. The van der Waals surface area contributed by atoms with Crippen molar-refractivity contribution in [1.82, 2.24) is 19.5 Å². The van der Waals surface area contributed by atoms with Gasteiger partial charge in [0.15, 0.2) is 11.6 Å². The lowest BCUT2D eigenvalue weighted by Crippen LogP contribution is -2.06. The van der Waals surface area contributed by atoms with Gasteiger partial charge in [0, 0.05) is 38.7 Å². The Morgan fingerprint density at radius 3 is 1.87 bits per heavy atom. The third kappa shape index (κ3) is 3.44. The van der Waals surface area contributed by atoms with Crippen molar-refractivity contribution in [3.8, 4) is 28.7 Å². The van der Waals surface area contributed by atoms with Crippen molar-refractivity contribution in [1.29, 1.82) is 0 Å². The summed E-state index contributed by atoms with van der Waals surface area (Å²) in [7, 11) is 0. The molecule has 3 aromatic heterocycles. The number of furan rings is 1. The predicted octanol–water partition coefficient (Wildman–Crippen LogP) is 8.51. The van der Waals surface area contributed by atoms with Gasteiger partial charge in [0.2, 0.25) is 5.95 Å². The number of fused-ring (bicyclic) bond motifs is 6. The van der Waals surface area contributed by atoms with Crippen molar-refractivity contribution in [3.63, 3.8) is 0 Å². The largest absolute Gasteiger partial charge is 0.456 e. The fourth-order valence-electron chi connectivity index (χ4n) is 5.46. The minimum Gasteiger partial charge on any atom is -0.456 e. The van der Waals surface area contributed by atoms with Gasteiger partial charge in [0.05, 0.1) is 11.0 Å². The minimum absolute atomic E-state index is 0.570. The summed E-state index contributed by atoms with van der Waals surface area (Å²) in [5, 5.41) is 4.49. The van der Waals surface area contributed by atoms with Crippen LogP contribution >= 0.6 is 0 Å². The molecule has 0 bridgehead atoms. The zero-order chi connectivity index (χ0) is 25.9. The maximum absolute atomic E-state index is 6.35. The molecule has 184 valence electrons. The number of aryl methyl sites for hydroxylation is 1. The third-order valence-corrected chi connectivity index (χ3v) is 7.31. The fraction of sp³-hybridized carbons (Fsp3) is 0.0294. The second-order valence-corrected chi connectivity index (χ2v) is 9.83. The van der Waals surface area contributed by atoms with Gasteiger partial charge >= 0.3 is 0 Å². The molecule has 3 heterocycles. The highest BCUT2D eigenvalue weighted by atomic mass is 16.3. The van der Waals surface area contributed by atoms with E-state index in [4.69, 9.17) is 19.4 Å². The van der Waals surface area contributed by atoms with Gasteiger partial charge in [0.25, 0.3) is 0 Å². The van der Waals surface area contributed by atoms with Crippen molar-refractivity contribution < 1.29 is 4.42 Å². The normalized spacial score (nSPS) is 11.7. The average Bonchev–Trinajstić information content (AvgIpc) is 3.50. The van der Waals surface area contributed by atoms with Crippen LogP contribution in [-0.2, 0) is 0 Å². The Labute approximate surface area is 224 Å². The second-order valence-electron chi connectivity index (χ2n) is 9.83. The van der Waals surface area contributed by atoms with Gasteiger partial charge in [-0.1, -0.05) is 91.0 Å². The van der Waals surface area contributed by atoms with E-state index in [1.165, 1.54) is 5.56 Å². The molecule has 0 N–H and O–H groups in total. The Kier molecular flexibility index (Phi) is 4.67. The van der Waals surface area contributed by atoms with Gasteiger partial charge in [-0.15, -0.1) is 0 Å². The van der Waals surface area contributed by atoms with E-state index in [9.17, 15) is 0 Å². The molecule has 0 aliphatic heterocycles. The van der Waals surface area contributed by atoms with Crippen LogP contribution in [-0.4, -0.2) is 19.5 Å². The summed E-state index contributed by atoms with van der Waals surface area (Å²) in [6, 6.07) is 39.2. The molecule has 0 spiro atoms. The Morgan fingerprint density at radius 2 is 1.15 bits per heavy atom. The van der Waals surface area contributed by atoms with Crippen LogP contribution in [0.15, 0.2) is 120 Å². The van der Waals surface area contributed by atoms with E-state index in [2.05, 4.69) is 66.1 Å². The molecule has 0 atom stereocenters. The molecule has 0 aliphatic rings. The highest BCUT2D eigenvalue weighted by Gasteiger charge is 2.19. The molecule has 0 amide bonds. The van der Waals surface area contributed by atoms with Crippen molar-refractivity contribution in [2.75, 3.05) is 0 Å². The van der Waals surface area contributed by atoms with Crippen LogP contribution in [0.2, 0.25) is 0 Å². The SMILES string of the molecule is Cc1ccc2c(c1)oc1cc3c(cc12)c1ccccc1n3-c1nc(-c2ccccc2)nc(-c2ccccc2)n1. The quantitative estimate of drug-likeness (QED) is 0.243. The summed E-state index contributed by atoms with van der Waals surface area (Å²) in [4.78, 5) is 14.9. The molecule has 5 heteroatoms. The fourth-order valence-corrected chi connectivity index (χ4v) is 5.46. The van der Waals surface area contributed by atoms with E-state index >= 15 is 0 Å². The van der Waals surface area contributed by atoms with Gasteiger partial charge in [-0.05, 0) is 30.7 Å². The molecule has 5 aromatic carbocycles. The van der Waals surface area contributed by atoms with E-state index in [0.29, 0.717) is 17.6 Å². The smallest absolute Gasteiger partial charge is 0.238 e. The highest BCUT2D eigenvalue weighted by molar-refractivity contribution is 6.17. The molecule has 5 nitrogen and oxygen atoms in total. The molecular weight excluding hydrogens is 480 g/mol. The van der Waals surface area contributed by atoms with Gasteiger partial charge in [0.1, 0.15) is 11.2 Å². The minimum atomic E-state index is 0.570. The van der Waals surface area contributed by atoms with E-state index in [-0.39, 0.29) is 0 Å². The molecular formula is C34H22N4O. The summed E-state index contributed by atoms with van der Waals surface area (Å²) in [5.41, 5.74) is 6.81. The molecule has 0 saturated carbocycles. The lowest BCUT2D eigenvalue weighted by Gasteiger charge is -2.10. The van der Waals surface area contributed by atoms with Crippen LogP contribution in [0.5, 0.6) is 0 Å². The van der Waals surface area contributed by atoms with Gasteiger partial charge < -0.3 is 4.42 Å². The van der Waals surface area contributed by atoms with E-state index in [1.54, 1.807) is 0 Å². The van der Waals surface area contributed by atoms with E-state index in [1.807, 2.05) is 60.7 Å². The third-order valence-electron chi connectivity index (χ3n) is 7.31. The molecule has 8 aromatic rings. The zero-order valence-corrected chi connectivity index (χ0v) is 21.2. The van der Waals surface area contributed by atoms with Crippen LogP contribution in [0.25, 0.3) is 72.5 Å². The molecule has 39 heavy (non-hydrogen) atoms. The van der Waals surface area contributed by atoms with Gasteiger partial charge in [-0.3, -0.25) is 4.57 Å². The first-order chi connectivity index (χ1) is 19.2. The van der Waals surface area contributed by atoms with E-state index in [0.717, 1.165) is 54.9 Å².